The maximum absolute atomic E-state index is 13.6. The third-order valence-corrected chi connectivity index (χ3v) is 5.51. The normalized spacial score (nSPS) is 11.8. The fourth-order valence-electron chi connectivity index (χ4n) is 3.36. The minimum Gasteiger partial charge on any atom is -0.395 e. The number of aryl methyl sites for hydroxylation is 1. The predicted molar refractivity (Wildman–Crippen MR) is 124 cm³/mol. The van der Waals surface area contributed by atoms with Crippen molar-refractivity contribution in [3.8, 4) is 0 Å². The Bertz CT molecular complexity index is 1180. The molecule has 2 aromatic carbocycles. The van der Waals surface area contributed by atoms with Crippen molar-refractivity contribution in [3.05, 3.63) is 104 Å². The largest absolute Gasteiger partial charge is 0.395 e. The van der Waals surface area contributed by atoms with Gasteiger partial charge in [0.25, 0.3) is 11.5 Å². The summed E-state index contributed by atoms with van der Waals surface area (Å²) < 4.78 is 1.10. The van der Waals surface area contributed by atoms with Gasteiger partial charge in [-0.1, -0.05) is 53.5 Å². The van der Waals surface area contributed by atoms with Crippen molar-refractivity contribution in [3.63, 3.8) is 0 Å². The molecule has 0 aliphatic carbocycles. The summed E-state index contributed by atoms with van der Waals surface area (Å²) >= 11 is 12.2. The molecule has 0 unspecified atom stereocenters. The van der Waals surface area contributed by atoms with Gasteiger partial charge in [0.05, 0.1) is 11.6 Å². The number of carbonyl (C=O) groups excluding carboxylic acids is 2. The van der Waals surface area contributed by atoms with E-state index in [1.165, 1.54) is 35.4 Å². The number of pyridine rings is 1. The van der Waals surface area contributed by atoms with Gasteiger partial charge >= 0.3 is 0 Å². The standard InChI is InChI=1S/C24H22Cl2N2O4/c1-16-9-10-28(21(30)13-16)22(23(31)19-8-7-18(25)14-20(19)26)24(32)27(11-12-29)15-17-5-3-2-4-6-17/h2-10,13-14,22,29H,11-12,15H2,1H3/t22-/m1/s1. The summed E-state index contributed by atoms with van der Waals surface area (Å²) in [5.74, 6) is -1.26. The Balaban J connectivity index is 2.08. The maximum atomic E-state index is 13.6. The van der Waals surface area contributed by atoms with Crippen LogP contribution in [0.1, 0.15) is 27.5 Å². The predicted octanol–water partition coefficient (Wildman–Crippen LogP) is 3.91. The van der Waals surface area contributed by atoms with Crippen LogP contribution in [0.3, 0.4) is 0 Å². The molecule has 0 spiro atoms. The minimum absolute atomic E-state index is 0.00747. The first-order valence-electron chi connectivity index (χ1n) is 9.93. The second kappa shape index (κ2) is 10.6. The van der Waals surface area contributed by atoms with Crippen molar-refractivity contribution in [1.29, 1.82) is 0 Å². The Morgan fingerprint density at radius 1 is 1.06 bits per heavy atom. The third-order valence-electron chi connectivity index (χ3n) is 4.96. The molecule has 32 heavy (non-hydrogen) atoms. The van der Waals surface area contributed by atoms with Gasteiger partial charge in [0.15, 0.2) is 11.8 Å². The molecule has 0 aliphatic rings. The van der Waals surface area contributed by atoms with Crippen molar-refractivity contribution >= 4 is 34.9 Å². The van der Waals surface area contributed by atoms with E-state index in [1.807, 2.05) is 30.3 Å². The van der Waals surface area contributed by atoms with Gasteiger partial charge in [-0.25, -0.2) is 0 Å². The summed E-state index contributed by atoms with van der Waals surface area (Å²) in [5, 5.41) is 9.98. The number of benzene rings is 2. The second-order valence-electron chi connectivity index (χ2n) is 7.31. The number of carbonyl (C=O) groups is 2. The molecule has 1 atom stereocenters. The number of amides is 1. The summed E-state index contributed by atoms with van der Waals surface area (Å²) in [6, 6.07) is 15.0. The molecule has 166 valence electrons. The van der Waals surface area contributed by atoms with E-state index in [9.17, 15) is 19.5 Å². The molecule has 1 N–H and O–H groups in total. The highest BCUT2D eigenvalue weighted by molar-refractivity contribution is 6.37. The number of hydrogen-bond acceptors (Lipinski definition) is 4. The molecule has 8 heteroatoms. The first-order chi connectivity index (χ1) is 15.3. The van der Waals surface area contributed by atoms with Crippen LogP contribution in [0.15, 0.2) is 71.7 Å². The summed E-state index contributed by atoms with van der Waals surface area (Å²) in [7, 11) is 0. The number of halogens is 2. The molecule has 1 aromatic heterocycles. The summed E-state index contributed by atoms with van der Waals surface area (Å²) in [6.45, 7) is 1.60. The van der Waals surface area contributed by atoms with Gasteiger partial charge in [-0.15, -0.1) is 0 Å². The number of rotatable bonds is 8. The maximum Gasteiger partial charge on any atom is 0.254 e. The summed E-state index contributed by atoms with van der Waals surface area (Å²) in [4.78, 5) is 41.2. The zero-order valence-corrected chi connectivity index (χ0v) is 18.9. The minimum atomic E-state index is -1.49. The fraction of sp³-hybridized carbons (Fsp3) is 0.208. The van der Waals surface area contributed by atoms with Gasteiger partial charge in [-0.2, -0.15) is 0 Å². The van der Waals surface area contributed by atoms with E-state index in [2.05, 4.69) is 0 Å². The highest BCUT2D eigenvalue weighted by Crippen LogP contribution is 2.26. The van der Waals surface area contributed by atoms with Crippen LogP contribution in [0.4, 0.5) is 0 Å². The molecule has 0 radical (unpaired) electrons. The lowest BCUT2D eigenvalue weighted by Gasteiger charge is -2.27. The SMILES string of the molecule is Cc1ccn([C@H](C(=O)c2ccc(Cl)cc2Cl)C(=O)N(CCO)Cc2ccccc2)c(=O)c1. The van der Waals surface area contributed by atoms with Crippen molar-refractivity contribution in [2.75, 3.05) is 13.2 Å². The molecule has 3 aromatic rings. The van der Waals surface area contributed by atoms with Crippen LogP contribution >= 0.6 is 23.2 Å². The van der Waals surface area contributed by atoms with Gasteiger partial charge < -0.3 is 10.0 Å². The van der Waals surface area contributed by atoms with Crippen LogP contribution < -0.4 is 5.56 Å². The number of Topliss-reactive ketones (excluding diaryl/α,β-unsaturated/α-hetero) is 1. The van der Waals surface area contributed by atoms with E-state index in [0.717, 1.165) is 10.1 Å². The van der Waals surface area contributed by atoms with Crippen LogP contribution in [0.2, 0.25) is 10.0 Å². The van der Waals surface area contributed by atoms with Crippen molar-refractivity contribution in [2.45, 2.75) is 19.5 Å². The number of hydrogen-bond donors (Lipinski definition) is 1. The quantitative estimate of drug-likeness (QED) is 0.398. The lowest BCUT2D eigenvalue weighted by molar-refractivity contribution is -0.134. The van der Waals surface area contributed by atoms with E-state index in [4.69, 9.17) is 23.2 Å². The van der Waals surface area contributed by atoms with Crippen LogP contribution in [0.25, 0.3) is 0 Å². The van der Waals surface area contributed by atoms with Crippen molar-refractivity contribution in [1.82, 2.24) is 9.47 Å². The molecule has 0 fully saturated rings. The summed E-state index contributed by atoms with van der Waals surface area (Å²) in [5.41, 5.74) is 1.10. The van der Waals surface area contributed by atoms with E-state index in [1.54, 1.807) is 13.0 Å². The molecule has 1 heterocycles. The Labute approximate surface area is 195 Å². The highest BCUT2D eigenvalue weighted by Gasteiger charge is 2.34. The van der Waals surface area contributed by atoms with Crippen LogP contribution in [0, 0.1) is 6.92 Å². The van der Waals surface area contributed by atoms with Gasteiger partial charge in [0, 0.05) is 35.9 Å². The van der Waals surface area contributed by atoms with Crippen LogP contribution in [0.5, 0.6) is 0 Å². The first kappa shape index (κ1) is 23.7. The molecule has 0 saturated heterocycles. The number of aromatic nitrogens is 1. The Morgan fingerprint density at radius 2 is 1.78 bits per heavy atom. The van der Waals surface area contributed by atoms with Gasteiger partial charge in [-0.05, 0) is 42.3 Å². The van der Waals surface area contributed by atoms with Crippen LogP contribution in [-0.2, 0) is 11.3 Å². The third kappa shape index (κ3) is 5.46. The fourth-order valence-corrected chi connectivity index (χ4v) is 3.86. The zero-order valence-electron chi connectivity index (χ0n) is 17.4. The van der Waals surface area contributed by atoms with Crippen LogP contribution in [-0.4, -0.2) is 39.4 Å². The van der Waals surface area contributed by atoms with Gasteiger partial charge in [0.1, 0.15) is 0 Å². The lowest BCUT2D eigenvalue weighted by atomic mass is 10.0. The molecule has 6 nitrogen and oxygen atoms in total. The smallest absolute Gasteiger partial charge is 0.254 e. The highest BCUT2D eigenvalue weighted by atomic mass is 35.5. The average molecular weight is 473 g/mol. The number of ketones is 1. The lowest BCUT2D eigenvalue weighted by Crippen LogP contribution is -2.44. The van der Waals surface area contributed by atoms with Crippen molar-refractivity contribution in [2.24, 2.45) is 0 Å². The second-order valence-corrected chi connectivity index (χ2v) is 8.15. The number of aliphatic hydroxyl groups is 1. The van der Waals surface area contributed by atoms with E-state index in [-0.39, 0.29) is 30.3 Å². The topological polar surface area (TPSA) is 79.6 Å². The Morgan fingerprint density at radius 3 is 2.41 bits per heavy atom. The number of aliphatic hydroxyl groups excluding tert-OH is 1. The van der Waals surface area contributed by atoms with Crippen molar-refractivity contribution < 1.29 is 14.7 Å². The molecule has 0 saturated carbocycles. The molecule has 1 amide bonds. The van der Waals surface area contributed by atoms with E-state index in [0.29, 0.717) is 10.6 Å². The van der Waals surface area contributed by atoms with E-state index < -0.39 is 23.3 Å². The first-order valence-corrected chi connectivity index (χ1v) is 10.7. The zero-order chi connectivity index (χ0) is 23.3. The number of nitrogens with zero attached hydrogens (tertiary/aromatic N) is 2. The molecule has 0 bridgehead atoms. The molecular formula is C24H22Cl2N2O4. The Hall–Kier alpha value is -2.93. The average Bonchev–Trinajstić information content (AvgIpc) is 2.75. The Kier molecular flexibility index (Phi) is 7.85. The molecule has 0 aliphatic heterocycles. The monoisotopic (exact) mass is 472 g/mol. The summed E-state index contributed by atoms with van der Waals surface area (Å²) in [6.07, 6.45) is 1.42. The molecule has 3 rings (SSSR count). The van der Waals surface area contributed by atoms with Gasteiger partial charge in [-0.3, -0.25) is 19.0 Å². The molecular weight excluding hydrogens is 451 g/mol. The van der Waals surface area contributed by atoms with E-state index >= 15 is 0 Å². The van der Waals surface area contributed by atoms with Gasteiger partial charge in [0.2, 0.25) is 0 Å².